The first-order valence-corrected chi connectivity index (χ1v) is 9.36. The molecule has 2 aromatic carbocycles. The van der Waals surface area contributed by atoms with Gasteiger partial charge in [-0.2, -0.15) is 13.2 Å². The lowest BCUT2D eigenvalue weighted by atomic mass is 10.00. The van der Waals surface area contributed by atoms with E-state index in [-0.39, 0.29) is 6.03 Å². The molecule has 0 atom stereocenters. The minimum absolute atomic E-state index is 0.0758. The van der Waals surface area contributed by atoms with Crippen LogP contribution in [-0.4, -0.2) is 24.0 Å². The Labute approximate surface area is 162 Å². The van der Waals surface area contributed by atoms with E-state index in [4.69, 9.17) is 4.74 Å². The highest BCUT2D eigenvalue weighted by atomic mass is 19.4. The van der Waals surface area contributed by atoms with Gasteiger partial charge in [0.15, 0.2) is 0 Å². The van der Waals surface area contributed by atoms with Crippen molar-refractivity contribution in [2.75, 3.05) is 13.1 Å². The van der Waals surface area contributed by atoms with Crippen LogP contribution < -0.4 is 10.1 Å². The molecule has 4 nitrogen and oxygen atoms in total. The number of unbranched alkanes of at least 4 members (excludes halogenated alkanes) is 1. The molecule has 150 valence electrons. The fraction of sp³-hybridized carbons (Fsp3) is 0.381. The second-order valence-corrected chi connectivity index (χ2v) is 6.81. The molecule has 3 rings (SSSR count). The molecule has 1 N–H and O–H groups in total. The van der Waals surface area contributed by atoms with Crippen molar-refractivity contribution in [3.05, 3.63) is 59.2 Å². The molecule has 0 spiro atoms. The van der Waals surface area contributed by atoms with E-state index in [1.54, 1.807) is 11.0 Å². The lowest BCUT2D eigenvalue weighted by molar-refractivity contribution is -0.137. The Morgan fingerprint density at radius 1 is 1.11 bits per heavy atom. The molecule has 2 aromatic rings. The molecule has 0 aliphatic carbocycles. The fourth-order valence-corrected chi connectivity index (χ4v) is 3.10. The predicted molar refractivity (Wildman–Crippen MR) is 100 cm³/mol. The van der Waals surface area contributed by atoms with Crippen molar-refractivity contribution in [3.8, 4) is 11.5 Å². The van der Waals surface area contributed by atoms with Gasteiger partial charge in [-0.25, -0.2) is 4.79 Å². The highest BCUT2D eigenvalue weighted by Gasteiger charge is 2.30. The second kappa shape index (κ2) is 8.54. The number of rotatable bonds is 5. The average Bonchev–Trinajstić information content (AvgIpc) is 2.67. The molecule has 1 aliphatic rings. The highest BCUT2D eigenvalue weighted by molar-refractivity contribution is 5.74. The molecule has 0 saturated heterocycles. The predicted octanol–water partition coefficient (Wildman–Crippen LogP) is 5.37. The molecule has 7 heteroatoms. The number of fused-ring (bicyclic) bond motifs is 1. The van der Waals surface area contributed by atoms with Gasteiger partial charge in [-0.1, -0.05) is 19.4 Å². The van der Waals surface area contributed by atoms with Gasteiger partial charge in [0.1, 0.15) is 11.5 Å². The zero-order chi connectivity index (χ0) is 20.1. The first-order chi connectivity index (χ1) is 13.4. The van der Waals surface area contributed by atoms with Crippen molar-refractivity contribution in [2.45, 2.75) is 38.9 Å². The number of halogens is 3. The molecule has 1 aliphatic heterocycles. The van der Waals surface area contributed by atoms with Crippen molar-refractivity contribution < 1.29 is 22.7 Å². The number of alkyl halides is 3. The van der Waals surface area contributed by atoms with Gasteiger partial charge in [-0.15, -0.1) is 0 Å². The third kappa shape index (κ3) is 4.97. The normalized spacial score (nSPS) is 13.8. The number of benzene rings is 2. The summed E-state index contributed by atoms with van der Waals surface area (Å²) in [6.07, 6.45) is -1.64. The molecule has 28 heavy (non-hydrogen) atoms. The molecule has 0 saturated carbocycles. The van der Waals surface area contributed by atoms with Crippen LogP contribution in [0.4, 0.5) is 18.0 Å². The summed E-state index contributed by atoms with van der Waals surface area (Å²) in [6, 6.07) is 10.1. The van der Waals surface area contributed by atoms with E-state index >= 15 is 0 Å². The van der Waals surface area contributed by atoms with Crippen LogP contribution in [0.15, 0.2) is 42.5 Å². The minimum atomic E-state index is -4.37. The van der Waals surface area contributed by atoms with Crippen molar-refractivity contribution >= 4 is 6.03 Å². The van der Waals surface area contributed by atoms with E-state index in [1.807, 2.05) is 12.1 Å². The van der Waals surface area contributed by atoms with E-state index in [2.05, 4.69) is 12.2 Å². The number of carbonyl (C=O) groups is 1. The third-order valence-corrected chi connectivity index (χ3v) is 4.70. The topological polar surface area (TPSA) is 41.6 Å². The first kappa shape index (κ1) is 20.0. The van der Waals surface area contributed by atoms with Crippen LogP contribution in [0.3, 0.4) is 0 Å². The average molecular weight is 392 g/mol. The van der Waals surface area contributed by atoms with E-state index in [0.717, 1.165) is 42.5 Å². The zero-order valence-electron chi connectivity index (χ0n) is 15.7. The molecule has 0 aromatic heterocycles. The lowest BCUT2D eigenvalue weighted by Gasteiger charge is -2.29. The molecule has 0 fully saturated rings. The zero-order valence-corrected chi connectivity index (χ0v) is 15.7. The number of hydrogen-bond acceptors (Lipinski definition) is 2. The molecular formula is C21H23F3N2O2. The van der Waals surface area contributed by atoms with Crippen LogP contribution in [0.2, 0.25) is 0 Å². The molecule has 1 heterocycles. The third-order valence-electron chi connectivity index (χ3n) is 4.70. The number of nitrogens with zero attached hydrogens (tertiary/aromatic N) is 1. The molecule has 2 amide bonds. The van der Waals surface area contributed by atoms with Crippen molar-refractivity contribution in [3.63, 3.8) is 0 Å². The Bertz CT molecular complexity index is 819. The number of urea groups is 1. The quantitative estimate of drug-likeness (QED) is 0.696. The highest BCUT2D eigenvalue weighted by Crippen LogP contribution is 2.32. The van der Waals surface area contributed by atoms with Gasteiger partial charge in [0, 0.05) is 19.6 Å². The second-order valence-electron chi connectivity index (χ2n) is 6.81. The Kier molecular flexibility index (Phi) is 6.11. The number of amides is 2. The van der Waals surface area contributed by atoms with Crippen molar-refractivity contribution in [1.82, 2.24) is 10.2 Å². The van der Waals surface area contributed by atoms with Gasteiger partial charge in [0.05, 0.1) is 5.56 Å². The van der Waals surface area contributed by atoms with E-state index < -0.39 is 11.7 Å². The maximum absolute atomic E-state index is 12.7. The van der Waals surface area contributed by atoms with Crippen LogP contribution in [0.5, 0.6) is 11.5 Å². The lowest BCUT2D eigenvalue weighted by Crippen LogP contribution is -2.43. The molecule has 0 radical (unpaired) electrons. The summed E-state index contributed by atoms with van der Waals surface area (Å²) >= 11 is 0. The van der Waals surface area contributed by atoms with Crippen LogP contribution in [0.25, 0.3) is 0 Å². The minimum Gasteiger partial charge on any atom is -0.457 e. The summed E-state index contributed by atoms with van der Waals surface area (Å²) < 4.78 is 43.7. The summed E-state index contributed by atoms with van der Waals surface area (Å²) in [6.45, 7) is 3.87. The standard InChI is InChI=1S/C21H23F3N2O2/c1-2-3-11-25-20(27)26-12-10-15-4-7-19(13-16(15)14-26)28-18-8-5-17(6-9-18)21(22,23)24/h4-9,13H,2-3,10-12,14H2,1H3,(H,25,27). The molecule has 0 bridgehead atoms. The smallest absolute Gasteiger partial charge is 0.416 e. The molecule has 0 unspecified atom stereocenters. The van der Waals surface area contributed by atoms with E-state index in [9.17, 15) is 18.0 Å². The van der Waals surface area contributed by atoms with Gasteiger partial charge < -0.3 is 15.0 Å². The van der Waals surface area contributed by atoms with E-state index in [1.165, 1.54) is 12.1 Å². The van der Waals surface area contributed by atoms with Gasteiger partial charge in [-0.3, -0.25) is 0 Å². The monoisotopic (exact) mass is 392 g/mol. The number of ether oxygens (including phenoxy) is 1. The van der Waals surface area contributed by atoms with Gasteiger partial charge in [-0.05, 0) is 60.4 Å². The van der Waals surface area contributed by atoms with Crippen LogP contribution in [0, 0.1) is 0 Å². The Morgan fingerprint density at radius 2 is 1.82 bits per heavy atom. The maximum atomic E-state index is 12.7. The SMILES string of the molecule is CCCCNC(=O)N1CCc2ccc(Oc3ccc(C(F)(F)F)cc3)cc2C1. The molecular weight excluding hydrogens is 369 g/mol. The number of hydrogen-bond donors (Lipinski definition) is 1. The van der Waals surface area contributed by atoms with Crippen LogP contribution in [0.1, 0.15) is 36.5 Å². The Balaban J connectivity index is 1.66. The Morgan fingerprint density at radius 3 is 2.50 bits per heavy atom. The summed E-state index contributed by atoms with van der Waals surface area (Å²) in [5.41, 5.74) is 1.42. The summed E-state index contributed by atoms with van der Waals surface area (Å²) in [7, 11) is 0. The fourth-order valence-electron chi connectivity index (χ4n) is 3.10. The van der Waals surface area contributed by atoms with Crippen LogP contribution >= 0.6 is 0 Å². The summed E-state index contributed by atoms with van der Waals surface area (Å²) in [5.74, 6) is 0.865. The largest absolute Gasteiger partial charge is 0.457 e. The first-order valence-electron chi connectivity index (χ1n) is 9.36. The van der Waals surface area contributed by atoms with Gasteiger partial charge in [0.25, 0.3) is 0 Å². The number of carbonyl (C=O) groups excluding carboxylic acids is 1. The van der Waals surface area contributed by atoms with Crippen molar-refractivity contribution in [1.29, 1.82) is 0 Å². The summed E-state index contributed by atoms with van der Waals surface area (Å²) in [5, 5.41) is 2.92. The number of nitrogens with one attached hydrogen (secondary N) is 1. The Hall–Kier alpha value is -2.70. The van der Waals surface area contributed by atoms with Crippen LogP contribution in [-0.2, 0) is 19.1 Å². The van der Waals surface area contributed by atoms with Gasteiger partial charge in [0.2, 0.25) is 0 Å². The maximum Gasteiger partial charge on any atom is 0.416 e. The van der Waals surface area contributed by atoms with Gasteiger partial charge >= 0.3 is 12.2 Å². The van der Waals surface area contributed by atoms with E-state index in [0.29, 0.717) is 31.1 Å². The summed E-state index contributed by atoms with van der Waals surface area (Å²) in [4.78, 5) is 14.0. The van der Waals surface area contributed by atoms with Crippen molar-refractivity contribution in [2.24, 2.45) is 0 Å².